The van der Waals surface area contributed by atoms with Crippen LogP contribution in [0.15, 0.2) is 42.5 Å². The second kappa shape index (κ2) is 6.29. The molecule has 1 aliphatic heterocycles. The number of amides is 1. The number of nitrogen functional groups attached to an aromatic ring is 1. The Hall–Kier alpha value is -3.15. The maximum atomic E-state index is 12.4. The number of carbonyl (C=O) groups is 1. The van der Waals surface area contributed by atoms with E-state index in [0.717, 1.165) is 23.2 Å². The van der Waals surface area contributed by atoms with E-state index in [1.54, 1.807) is 18.1 Å². The third-order valence-electron chi connectivity index (χ3n) is 5.02. The van der Waals surface area contributed by atoms with E-state index in [9.17, 15) is 4.79 Å². The van der Waals surface area contributed by atoms with Crippen LogP contribution in [0.4, 0.5) is 10.5 Å². The molecule has 6 nitrogen and oxygen atoms in total. The van der Waals surface area contributed by atoms with E-state index < -0.39 is 0 Å². The molecule has 134 valence electrons. The Morgan fingerprint density at radius 2 is 2.04 bits per heavy atom. The largest absolute Gasteiger partial charge is 0.495 e. The molecule has 6 heteroatoms. The van der Waals surface area contributed by atoms with Gasteiger partial charge in [0.15, 0.2) is 0 Å². The van der Waals surface area contributed by atoms with Crippen molar-refractivity contribution >= 4 is 22.7 Å². The van der Waals surface area contributed by atoms with E-state index >= 15 is 0 Å². The molecule has 3 aromatic rings. The van der Waals surface area contributed by atoms with Gasteiger partial charge in [-0.2, -0.15) is 0 Å². The van der Waals surface area contributed by atoms with Crippen molar-refractivity contribution in [1.82, 2.24) is 9.88 Å². The quantitative estimate of drug-likeness (QED) is 0.693. The summed E-state index contributed by atoms with van der Waals surface area (Å²) in [4.78, 5) is 17.7. The van der Waals surface area contributed by atoms with Gasteiger partial charge in [-0.15, -0.1) is 0 Å². The average Bonchev–Trinajstić information content (AvgIpc) is 3.06. The molecule has 1 unspecified atom stereocenters. The van der Waals surface area contributed by atoms with Crippen LogP contribution in [0.1, 0.15) is 22.9 Å². The van der Waals surface area contributed by atoms with Crippen molar-refractivity contribution in [2.75, 3.05) is 26.5 Å². The molecule has 1 aliphatic rings. The van der Waals surface area contributed by atoms with Crippen LogP contribution in [0.25, 0.3) is 10.9 Å². The zero-order valence-electron chi connectivity index (χ0n) is 14.8. The summed E-state index contributed by atoms with van der Waals surface area (Å²) in [6.45, 7) is 0.582. The summed E-state index contributed by atoms with van der Waals surface area (Å²) in [7, 11) is 2.99. The molecule has 0 saturated heterocycles. The summed E-state index contributed by atoms with van der Waals surface area (Å²) in [5, 5.41) is 1.19. The van der Waals surface area contributed by atoms with E-state index in [0.29, 0.717) is 18.0 Å². The van der Waals surface area contributed by atoms with Crippen LogP contribution < -0.4 is 10.5 Å². The zero-order valence-corrected chi connectivity index (χ0v) is 14.8. The van der Waals surface area contributed by atoms with Crippen molar-refractivity contribution in [3.8, 4) is 5.75 Å². The van der Waals surface area contributed by atoms with Crippen molar-refractivity contribution in [2.24, 2.45) is 0 Å². The molecule has 0 saturated carbocycles. The smallest absolute Gasteiger partial charge is 0.410 e. The molecule has 4 rings (SSSR count). The number of aromatic amines is 1. The lowest BCUT2D eigenvalue weighted by molar-refractivity contribution is 0.108. The minimum Gasteiger partial charge on any atom is -0.495 e. The predicted octanol–water partition coefficient (Wildman–Crippen LogP) is 3.47. The van der Waals surface area contributed by atoms with Gasteiger partial charge >= 0.3 is 6.09 Å². The normalized spacial score (nSPS) is 16.4. The highest BCUT2D eigenvalue weighted by Gasteiger charge is 2.35. The summed E-state index contributed by atoms with van der Waals surface area (Å²) in [6, 6.07) is 13.5. The highest BCUT2D eigenvalue weighted by molar-refractivity contribution is 5.86. The fourth-order valence-electron chi connectivity index (χ4n) is 3.80. The molecule has 1 atom stereocenters. The molecule has 1 amide bonds. The van der Waals surface area contributed by atoms with Gasteiger partial charge in [0, 0.05) is 23.1 Å². The number of aromatic nitrogens is 1. The number of anilines is 1. The Labute approximate surface area is 151 Å². The van der Waals surface area contributed by atoms with Gasteiger partial charge in [0.05, 0.1) is 19.9 Å². The van der Waals surface area contributed by atoms with Gasteiger partial charge in [-0.25, -0.2) is 4.79 Å². The molecule has 2 aromatic carbocycles. The molecular weight excluding hydrogens is 330 g/mol. The number of H-pyrrole nitrogens is 1. The molecule has 26 heavy (non-hydrogen) atoms. The Bertz CT molecular complexity index is 980. The molecule has 3 N–H and O–H groups in total. The number of hydrogen-bond donors (Lipinski definition) is 2. The van der Waals surface area contributed by atoms with Crippen LogP contribution in [0.5, 0.6) is 5.75 Å². The van der Waals surface area contributed by atoms with Crippen LogP contribution in [-0.2, 0) is 11.2 Å². The number of rotatable bonds is 2. The molecule has 0 aliphatic carbocycles. The Morgan fingerprint density at radius 1 is 1.23 bits per heavy atom. The van der Waals surface area contributed by atoms with Crippen LogP contribution in [0.2, 0.25) is 0 Å². The van der Waals surface area contributed by atoms with E-state index in [4.69, 9.17) is 15.2 Å². The number of methoxy groups -OCH3 is 2. The number of benzene rings is 2. The number of nitrogens with two attached hydrogens (primary N) is 1. The maximum absolute atomic E-state index is 12.4. The number of nitrogens with zero attached hydrogens (tertiary/aromatic N) is 1. The number of fused-ring (bicyclic) bond motifs is 3. The Morgan fingerprint density at radius 3 is 2.81 bits per heavy atom. The first kappa shape index (κ1) is 16.3. The van der Waals surface area contributed by atoms with Crippen molar-refractivity contribution in [1.29, 1.82) is 0 Å². The predicted molar refractivity (Wildman–Crippen MR) is 100 cm³/mol. The minimum absolute atomic E-state index is 0.284. The van der Waals surface area contributed by atoms with Gasteiger partial charge in [0.2, 0.25) is 0 Å². The van der Waals surface area contributed by atoms with Gasteiger partial charge in [0.1, 0.15) is 11.8 Å². The van der Waals surface area contributed by atoms with Crippen molar-refractivity contribution in [3.05, 3.63) is 59.3 Å². The SMILES string of the molecule is COC(=O)N1CCc2c([nH]c3ccccc23)C1c1ccc(N)c(OC)c1. The summed E-state index contributed by atoms with van der Waals surface area (Å²) in [5.74, 6) is 0.593. The lowest BCUT2D eigenvalue weighted by Crippen LogP contribution is -2.40. The van der Waals surface area contributed by atoms with E-state index in [-0.39, 0.29) is 12.1 Å². The summed E-state index contributed by atoms with van der Waals surface area (Å²) in [5.41, 5.74) is 10.8. The van der Waals surface area contributed by atoms with Gasteiger partial charge in [-0.05, 0) is 35.7 Å². The second-order valence-electron chi connectivity index (χ2n) is 6.38. The molecule has 0 spiro atoms. The zero-order chi connectivity index (χ0) is 18.3. The Balaban J connectivity index is 1.91. The van der Waals surface area contributed by atoms with Gasteiger partial charge in [-0.3, -0.25) is 4.90 Å². The molecular formula is C20H21N3O3. The number of ether oxygens (including phenoxy) is 2. The van der Waals surface area contributed by atoms with Crippen molar-refractivity contribution in [3.63, 3.8) is 0 Å². The van der Waals surface area contributed by atoms with E-state index in [2.05, 4.69) is 17.1 Å². The van der Waals surface area contributed by atoms with E-state index in [1.165, 1.54) is 18.1 Å². The number of carbonyl (C=O) groups excluding carboxylic acids is 1. The summed E-state index contributed by atoms with van der Waals surface area (Å²) in [6.07, 6.45) is 0.423. The van der Waals surface area contributed by atoms with Gasteiger partial charge in [0.25, 0.3) is 0 Å². The maximum Gasteiger partial charge on any atom is 0.410 e. The van der Waals surface area contributed by atoms with Crippen LogP contribution >= 0.6 is 0 Å². The highest BCUT2D eigenvalue weighted by Crippen LogP contribution is 2.40. The molecule has 1 aromatic heterocycles. The fourth-order valence-corrected chi connectivity index (χ4v) is 3.80. The van der Waals surface area contributed by atoms with Crippen LogP contribution in [0, 0.1) is 0 Å². The Kier molecular flexibility index (Phi) is 3.95. The third kappa shape index (κ3) is 2.45. The number of para-hydroxylation sites is 1. The van der Waals surface area contributed by atoms with Crippen LogP contribution in [-0.4, -0.2) is 36.7 Å². The first-order valence-corrected chi connectivity index (χ1v) is 8.51. The topological polar surface area (TPSA) is 80.6 Å². The first-order valence-electron chi connectivity index (χ1n) is 8.51. The molecule has 0 radical (unpaired) electrons. The van der Waals surface area contributed by atoms with Crippen molar-refractivity contribution < 1.29 is 14.3 Å². The van der Waals surface area contributed by atoms with Gasteiger partial charge in [-0.1, -0.05) is 24.3 Å². The minimum atomic E-state index is -0.352. The second-order valence-corrected chi connectivity index (χ2v) is 6.38. The lowest BCUT2D eigenvalue weighted by Gasteiger charge is -2.35. The summed E-state index contributed by atoms with van der Waals surface area (Å²) < 4.78 is 10.4. The van der Waals surface area contributed by atoms with E-state index in [1.807, 2.05) is 24.3 Å². The number of hydrogen-bond acceptors (Lipinski definition) is 4. The molecule has 0 bridgehead atoms. The molecule has 0 fully saturated rings. The first-order chi connectivity index (χ1) is 12.6. The number of nitrogens with one attached hydrogen (secondary N) is 1. The lowest BCUT2D eigenvalue weighted by atomic mass is 9.92. The molecule has 2 heterocycles. The monoisotopic (exact) mass is 351 g/mol. The van der Waals surface area contributed by atoms with Gasteiger partial charge < -0.3 is 20.2 Å². The standard InChI is InChI=1S/C20H21N3O3/c1-25-17-11-12(7-8-15(17)21)19-18-14(9-10-23(19)20(24)26-2)13-5-3-4-6-16(13)22-18/h3-8,11,19,22H,9-10,21H2,1-2H3. The summed E-state index contributed by atoms with van der Waals surface area (Å²) >= 11 is 0. The van der Waals surface area contributed by atoms with Crippen molar-refractivity contribution in [2.45, 2.75) is 12.5 Å². The third-order valence-corrected chi connectivity index (χ3v) is 5.02. The highest BCUT2D eigenvalue weighted by atomic mass is 16.5. The van der Waals surface area contributed by atoms with Crippen LogP contribution in [0.3, 0.4) is 0 Å². The fraction of sp³-hybridized carbons (Fsp3) is 0.250. The average molecular weight is 351 g/mol.